The van der Waals surface area contributed by atoms with Crippen molar-refractivity contribution in [3.8, 4) is 0 Å². The van der Waals surface area contributed by atoms with Crippen LogP contribution in [0.4, 0.5) is 0 Å². The van der Waals surface area contributed by atoms with Gasteiger partial charge in [-0.25, -0.2) is 0 Å². The van der Waals surface area contributed by atoms with Crippen molar-refractivity contribution in [2.45, 2.75) is 25.8 Å². The van der Waals surface area contributed by atoms with Crippen molar-refractivity contribution in [2.24, 2.45) is 0 Å². The Bertz CT molecular complexity index is 129. The summed E-state index contributed by atoms with van der Waals surface area (Å²) < 4.78 is 23.1. The summed E-state index contributed by atoms with van der Waals surface area (Å²) in [5.74, 6) is 0.200. The van der Waals surface area contributed by atoms with Crippen molar-refractivity contribution in [2.75, 3.05) is 5.75 Å². The zero-order valence-electron chi connectivity index (χ0n) is 6.02. The van der Waals surface area contributed by atoms with E-state index in [0.717, 1.165) is 0 Å². The standard InChI is InChI=1S/C5H12BrNO2S/c1-5(2,7-6)3-4-10(8)9/h7H,3-4H2,1-2H3,(H,8,9)/p-1. The topological polar surface area (TPSA) is 52.2 Å². The second-order valence-electron chi connectivity index (χ2n) is 2.74. The van der Waals surface area contributed by atoms with Crippen LogP contribution in [0, 0.1) is 0 Å². The van der Waals surface area contributed by atoms with Crippen LogP contribution >= 0.6 is 16.1 Å². The summed E-state index contributed by atoms with van der Waals surface area (Å²) in [7, 11) is 0. The van der Waals surface area contributed by atoms with E-state index in [1.807, 2.05) is 13.8 Å². The van der Waals surface area contributed by atoms with Gasteiger partial charge >= 0.3 is 0 Å². The molecule has 0 bridgehead atoms. The van der Waals surface area contributed by atoms with Crippen LogP contribution in [0.5, 0.6) is 0 Å². The third-order valence-corrected chi connectivity index (χ3v) is 2.76. The monoisotopic (exact) mass is 228 g/mol. The molecule has 0 fully saturated rings. The first kappa shape index (κ1) is 10.6. The van der Waals surface area contributed by atoms with Crippen LogP contribution in [0.3, 0.4) is 0 Å². The minimum absolute atomic E-state index is 0.153. The third-order valence-electron chi connectivity index (χ3n) is 1.15. The Hall–Kier alpha value is 0.550. The molecule has 0 aliphatic rings. The molecule has 3 nitrogen and oxygen atoms in total. The third kappa shape index (κ3) is 5.34. The van der Waals surface area contributed by atoms with Gasteiger partial charge in [-0.15, -0.1) is 0 Å². The average Bonchev–Trinajstić information content (AvgIpc) is 1.85. The van der Waals surface area contributed by atoms with Gasteiger partial charge in [-0.3, -0.25) is 8.55 Å². The van der Waals surface area contributed by atoms with E-state index in [-0.39, 0.29) is 11.3 Å². The molecule has 0 aromatic rings. The molecule has 0 spiro atoms. The fourth-order valence-electron chi connectivity index (χ4n) is 0.386. The number of hydrogen-bond donors (Lipinski definition) is 1. The maximum absolute atomic E-state index is 10.1. The van der Waals surface area contributed by atoms with Crippen LogP contribution in [0.1, 0.15) is 20.3 Å². The fraction of sp³-hybridized carbons (Fsp3) is 1.00. The van der Waals surface area contributed by atoms with Crippen molar-refractivity contribution in [3.63, 3.8) is 0 Å². The fourth-order valence-corrected chi connectivity index (χ4v) is 1.26. The highest BCUT2D eigenvalue weighted by atomic mass is 79.9. The SMILES string of the molecule is CC(C)(CCS(=O)[O-])NBr. The molecule has 0 saturated heterocycles. The van der Waals surface area contributed by atoms with Crippen LogP contribution < -0.4 is 4.34 Å². The highest BCUT2D eigenvalue weighted by Gasteiger charge is 2.14. The predicted octanol–water partition coefficient (Wildman–Crippen LogP) is 0.934. The van der Waals surface area contributed by atoms with Gasteiger partial charge in [0, 0.05) is 27.4 Å². The number of halogens is 1. The number of rotatable bonds is 4. The summed E-state index contributed by atoms with van der Waals surface area (Å²) >= 11 is 1.15. The van der Waals surface area contributed by atoms with Gasteiger partial charge in [0.1, 0.15) is 0 Å². The van der Waals surface area contributed by atoms with Gasteiger partial charge < -0.3 is 4.55 Å². The van der Waals surface area contributed by atoms with E-state index < -0.39 is 11.1 Å². The molecule has 0 rings (SSSR count). The lowest BCUT2D eigenvalue weighted by atomic mass is 10.0. The van der Waals surface area contributed by atoms with Gasteiger partial charge in [-0.2, -0.15) is 0 Å². The highest BCUT2D eigenvalue weighted by molar-refractivity contribution is 9.08. The molecular formula is C5H11BrNO2S-. The van der Waals surface area contributed by atoms with E-state index in [0.29, 0.717) is 6.42 Å². The lowest BCUT2D eigenvalue weighted by molar-refractivity contribution is 0.460. The Morgan fingerprint density at radius 2 is 2.20 bits per heavy atom. The summed E-state index contributed by atoms with van der Waals surface area (Å²) in [6, 6.07) is 0. The molecule has 1 N–H and O–H groups in total. The van der Waals surface area contributed by atoms with Crippen LogP contribution in [0.15, 0.2) is 0 Å². The van der Waals surface area contributed by atoms with Crippen LogP contribution in [-0.4, -0.2) is 20.1 Å². The zero-order chi connectivity index (χ0) is 8.20. The van der Waals surface area contributed by atoms with E-state index in [9.17, 15) is 8.76 Å². The molecule has 0 saturated carbocycles. The van der Waals surface area contributed by atoms with Gasteiger partial charge in [0.15, 0.2) is 0 Å². The second-order valence-corrected chi connectivity index (χ2v) is 4.15. The molecule has 0 aliphatic heterocycles. The Balaban J connectivity index is 3.56. The lowest BCUT2D eigenvalue weighted by Crippen LogP contribution is -2.33. The molecule has 0 aliphatic carbocycles. The Labute approximate surface area is 72.2 Å². The Morgan fingerprint density at radius 1 is 1.70 bits per heavy atom. The largest absolute Gasteiger partial charge is 0.772 e. The Kier molecular flexibility index (Phi) is 4.68. The molecule has 0 aromatic heterocycles. The minimum atomic E-state index is -1.92. The first-order chi connectivity index (χ1) is 4.48. The number of nitrogens with one attached hydrogen (secondary N) is 1. The zero-order valence-corrected chi connectivity index (χ0v) is 8.42. The maximum atomic E-state index is 10.1. The summed E-state index contributed by atoms with van der Waals surface area (Å²) in [4.78, 5) is 0. The average molecular weight is 229 g/mol. The van der Waals surface area contributed by atoms with Crippen molar-refractivity contribution >= 4 is 27.2 Å². The van der Waals surface area contributed by atoms with E-state index in [2.05, 4.69) is 20.5 Å². The summed E-state index contributed by atoms with van der Waals surface area (Å²) in [5.41, 5.74) is -0.153. The van der Waals surface area contributed by atoms with Gasteiger partial charge in [-0.05, 0) is 20.3 Å². The summed E-state index contributed by atoms with van der Waals surface area (Å²) in [5, 5.41) is 0. The van der Waals surface area contributed by atoms with Gasteiger partial charge in [0.25, 0.3) is 0 Å². The molecule has 0 aromatic carbocycles. The van der Waals surface area contributed by atoms with E-state index in [1.54, 1.807) is 0 Å². The van der Waals surface area contributed by atoms with Crippen molar-refractivity contribution in [1.29, 1.82) is 0 Å². The molecule has 0 radical (unpaired) electrons. The summed E-state index contributed by atoms with van der Waals surface area (Å²) in [6.45, 7) is 3.85. The van der Waals surface area contributed by atoms with Crippen LogP contribution in [-0.2, 0) is 11.1 Å². The van der Waals surface area contributed by atoms with Crippen molar-refractivity contribution in [3.05, 3.63) is 0 Å². The van der Waals surface area contributed by atoms with E-state index >= 15 is 0 Å². The molecule has 5 heteroatoms. The molecule has 10 heavy (non-hydrogen) atoms. The van der Waals surface area contributed by atoms with Crippen molar-refractivity contribution in [1.82, 2.24) is 4.34 Å². The molecule has 1 atom stereocenters. The van der Waals surface area contributed by atoms with Crippen molar-refractivity contribution < 1.29 is 8.76 Å². The minimum Gasteiger partial charge on any atom is -0.772 e. The van der Waals surface area contributed by atoms with E-state index in [1.165, 1.54) is 0 Å². The normalized spacial score (nSPS) is 15.2. The van der Waals surface area contributed by atoms with Gasteiger partial charge in [0.2, 0.25) is 0 Å². The number of hydrogen-bond acceptors (Lipinski definition) is 3. The lowest BCUT2D eigenvalue weighted by Gasteiger charge is -2.22. The second kappa shape index (κ2) is 4.43. The molecular weight excluding hydrogens is 218 g/mol. The van der Waals surface area contributed by atoms with E-state index in [4.69, 9.17) is 0 Å². The predicted molar refractivity (Wildman–Crippen MR) is 44.5 cm³/mol. The smallest absolute Gasteiger partial charge is 0.0238 e. The molecule has 1 unspecified atom stereocenters. The summed E-state index contributed by atoms with van der Waals surface area (Å²) in [6.07, 6.45) is 0.606. The first-order valence-corrected chi connectivity index (χ1v) is 4.95. The van der Waals surface area contributed by atoms with Gasteiger partial charge in [0.05, 0.1) is 0 Å². The first-order valence-electron chi connectivity index (χ1n) is 2.91. The Morgan fingerprint density at radius 3 is 2.50 bits per heavy atom. The molecule has 62 valence electrons. The quantitative estimate of drug-likeness (QED) is 0.576. The van der Waals surface area contributed by atoms with Crippen LogP contribution in [0.2, 0.25) is 0 Å². The molecule has 0 amide bonds. The molecule has 0 heterocycles. The highest BCUT2D eigenvalue weighted by Crippen LogP contribution is 2.09. The van der Waals surface area contributed by atoms with Gasteiger partial charge in [-0.1, -0.05) is 11.1 Å². The maximum Gasteiger partial charge on any atom is 0.0238 e. The van der Waals surface area contributed by atoms with Crippen LogP contribution in [0.25, 0.3) is 0 Å².